The number of carbonyl (C=O) groups is 1. The molecule has 0 aliphatic heterocycles. The summed E-state index contributed by atoms with van der Waals surface area (Å²) in [6, 6.07) is 12.1. The van der Waals surface area contributed by atoms with Crippen molar-refractivity contribution in [2.75, 3.05) is 6.54 Å². The Bertz CT molecular complexity index is 1040. The van der Waals surface area contributed by atoms with Gasteiger partial charge in [-0.2, -0.15) is 10.4 Å². The molecule has 0 radical (unpaired) electrons. The Balaban J connectivity index is 1.59. The third-order valence-corrected chi connectivity index (χ3v) is 7.38. The van der Waals surface area contributed by atoms with Gasteiger partial charge in [0.05, 0.1) is 11.4 Å². The van der Waals surface area contributed by atoms with Crippen molar-refractivity contribution in [3.05, 3.63) is 66.0 Å². The average molecular weight is 413 g/mol. The Labute approximate surface area is 183 Å². The number of hydrogen-bond acceptors (Lipinski definition) is 3. The van der Waals surface area contributed by atoms with E-state index in [0.29, 0.717) is 6.54 Å². The van der Waals surface area contributed by atoms with E-state index in [9.17, 15) is 10.1 Å². The van der Waals surface area contributed by atoms with E-state index in [1.54, 1.807) is 12.2 Å². The molecular weight excluding hydrogens is 384 g/mol. The SMILES string of the molecule is C=CCNC(=O)C(C#N)=Cc1cn(-c2ccccc2)nc1C12CC3CC(CC(C3)C1)C2. The van der Waals surface area contributed by atoms with Gasteiger partial charge in [0.15, 0.2) is 0 Å². The van der Waals surface area contributed by atoms with E-state index in [1.807, 2.05) is 41.2 Å². The number of carbonyl (C=O) groups excluding carboxylic acids is 1. The van der Waals surface area contributed by atoms with E-state index in [1.165, 1.54) is 38.5 Å². The first-order valence-electron chi connectivity index (χ1n) is 11.3. The lowest BCUT2D eigenvalue weighted by Crippen LogP contribution is -2.49. The molecule has 1 amide bonds. The monoisotopic (exact) mass is 412 g/mol. The van der Waals surface area contributed by atoms with Crippen LogP contribution in [0.4, 0.5) is 0 Å². The molecule has 31 heavy (non-hydrogen) atoms. The van der Waals surface area contributed by atoms with Gasteiger partial charge in [-0.25, -0.2) is 4.68 Å². The Kier molecular flexibility index (Phi) is 5.02. The zero-order valence-corrected chi connectivity index (χ0v) is 17.8. The summed E-state index contributed by atoms with van der Waals surface area (Å²) in [6.07, 6.45) is 12.9. The van der Waals surface area contributed by atoms with Crippen molar-refractivity contribution in [1.82, 2.24) is 15.1 Å². The maximum Gasteiger partial charge on any atom is 0.262 e. The van der Waals surface area contributed by atoms with Crippen LogP contribution in [0.25, 0.3) is 11.8 Å². The van der Waals surface area contributed by atoms with Crippen LogP contribution in [0.5, 0.6) is 0 Å². The van der Waals surface area contributed by atoms with Crippen LogP contribution in [0.1, 0.15) is 49.8 Å². The molecule has 1 heterocycles. The molecule has 1 N–H and O–H groups in total. The predicted octanol–water partition coefficient (Wildman–Crippen LogP) is 4.55. The fourth-order valence-corrected chi connectivity index (χ4v) is 6.58. The summed E-state index contributed by atoms with van der Waals surface area (Å²) in [6.45, 7) is 3.96. The minimum Gasteiger partial charge on any atom is -0.348 e. The minimum atomic E-state index is -0.369. The van der Waals surface area contributed by atoms with Gasteiger partial charge < -0.3 is 5.32 Å². The van der Waals surface area contributed by atoms with Crippen LogP contribution in [-0.2, 0) is 10.2 Å². The van der Waals surface area contributed by atoms with Crippen molar-refractivity contribution in [2.45, 2.75) is 43.9 Å². The first-order valence-corrected chi connectivity index (χ1v) is 11.3. The van der Waals surface area contributed by atoms with Gasteiger partial charge in [-0.05, 0) is 74.5 Å². The van der Waals surface area contributed by atoms with Crippen LogP contribution in [-0.4, -0.2) is 22.2 Å². The summed E-state index contributed by atoms with van der Waals surface area (Å²) in [7, 11) is 0. The normalized spacial score (nSPS) is 28.9. The summed E-state index contributed by atoms with van der Waals surface area (Å²) in [5.41, 5.74) is 3.14. The molecule has 5 heteroatoms. The number of aromatic nitrogens is 2. The maximum atomic E-state index is 12.5. The summed E-state index contributed by atoms with van der Waals surface area (Å²) >= 11 is 0. The van der Waals surface area contributed by atoms with Crippen molar-refractivity contribution in [2.24, 2.45) is 17.8 Å². The second-order valence-electron chi connectivity index (χ2n) is 9.58. The molecule has 1 aromatic heterocycles. The van der Waals surface area contributed by atoms with E-state index in [-0.39, 0.29) is 16.9 Å². The third-order valence-electron chi connectivity index (χ3n) is 7.38. The fourth-order valence-electron chi connectivity index (χ4n) is 6.58. The molecule has 4 aliphatic rings. The summed E-state index contributed by atoms with van der Waals surface area (Å²) in [5.74, 6) is 2.00. The average Bonchev–Trinajstić information content (AvgIpc) is 3.20. The smallest absolute Gasteiger partial charge is 0.262 e. The Morgan fingerprint density at radius 2 is 1.84 bits per heavy atom. The topological polar surface area (TPSA) is 70.7 Å². The quantitative estimate of drug-likeness (QED) is 0.430. The number of amides is 1. The molecule has 158 valence electrons. The molecule has 0 unspecified atom stereocenters. The van der Waals surface area contributed by atoms with Gasteiger partial charge in [0.25, 0.3) is 5.91 Å². The van der Waals surface area contributed by atoms with E-state index in [2.05, 4.69) is 18.0 Å². The molecule has 0 atom stereocenters. The number of para-hydroxylation sites is 1. The van der Waals surface area contributed by atoms with E-state index in [0.717, 1.165) is 34.7 Å². The molecule has 0 spiro atoms. The van der Waals surface area contributed by atoms with Gasteiger partial charge in [0, 0.05) is 23.7 Å². The van der Waals surface area contributed by atoms with Gasteiger partial charge in [0.2, 0.25) is 0 Å². The number of hydrogen-bond donors (Lipinski definition) is 1. The number of benzene rings is 1. The molecule has 5 nitrogen and oxygen atoms in total. The second kappa shape index (κ2) is 7.85. The van der Waals surface area contributed by atoms with E-state index < -0.39 is 0 Å². The van der Waals surface area contributed by atoms with Crippen molar-refractivity contribution in [3.63, 3.8) is 0 Å². The molecule has 4 fully saturated rings. The number of nitrogens with one attached hydrogen (secondary N) is 1. The fraction of sp³-hybridized carbons (Fsp3) is 0.423. The van der Waals surface area contributed by atoms with Gasteiger partial charge in [0.1, 0.15) is 11.6 Å². The van der Waals surface area contributed by atoms with Gasteiger partial charge in [-0.15, -0.1) is 6.58 Å². The molecule has 1 aromatic carbocycles. The highest BCUT2D eigenvalue weighted by molar-refractivity contribution is 6.01. The standard InChI is InChI=1S/C26H28N4O/c1-2-8-28-25(31)21(16-27)12-22-17-30(23-6-4-3-5-7-23)29-24(22)26-13-18-9-19(14-26)11-20(10-18)15-26/h2-7,12,17-20H,1,8-11,13-15H2,(H,28,31). The molecule has 0 saturated heterocycles. The third kappa shape index (κ3) is 3.61. The molecule has 2 aromatic rings. The Morgan fingerprint density at radius 1 is 1.19 bits per heavy atom. The van der Waals surface area contributed by atoms with Crippen LogP contribution in [0.15, 0.2) is 54.8 Å². The van der Waals surface area contributed by atoms with E-state index in [4.69, 9.17) is 5.10 Å². The van der Waals surface area contributed by atoms with Crippen LogP contribution in [0.2, 0.25) is 0 Å². The first kappa shape index (κ1) is 19.8. The van der Waals surface area contributed by atoms with Crippen LogP contribution < -0.4 is 5.32 Å². The summed E-state index contributed by atoms with van der Waals surface area (Å²) < 4.78 is 1.91. The second-order valence-corrected chi connectivity index (χ2v) is 9.58. The Hall–Kier alpha value is -3.13. The van der Waals surface area contributed by atoms with E-state index >= 15 is 0 Å². The highest BCUT2D eigenvalue weighted by Gasteiger charge is 2.53. The highest BCUT2D eigenvalue weighted by atomic mass is 16.1. The summed E-state index contributed by atoms with van der Waals surface area (Å²) in [4.78, 5) is 12.5. The zero-order chi connectivity index (χ0) is 21.4. The lowest BCUT2D eigenvalue weighted by atomic mass is 9.48. The van der Waals surface area contributed by atoms with Gasteiger partial charge in [-0.3, -0.25) is 4.79 Å². The highest BCUT2D eigenvalue weighted by Crippen LogP contribution is 2.61. The molecule has 4 bridgehead atoms. The van der Waals surface area contributed by atoms with Crippen LogP contribution >= 0.6 is 0 Å². The molecule has 4 saturated carbocycles. The minimum absolute atomic E-state index is 0.0682. The molecule has 6 rings (SSSR count). The summed E-state index contributed by atoms with van der Waals surface area (Å²) in [5, 5.41) is 17.5. The van der Waals surface area contributed by atoms with Crippen molar-refractivity contribution < 1.29 is 4.79 Å². The van der Waals surface area contributed by atoms with Gasteiger partial charge in [-0.1, -0.05) is 24.3 Å². The van der Waals surface area contributed by atoms with Gasteiger partial charge >= 0.3 is 0 Å². The number of nitriles is 1. The van der Waals surface area contributed by atoms with Crippen LogP contribution in [0, 0.1) is 29.1 Å². The number of rotatable bonds is 6. The lowest BCUT2D eigenvalue weighted by molar-refractivity contribution is -0.116. The molecular formula is C26H28N4O. The van der Waals surface area contributed by atoms with Crippen molar-refractivity contribution >= 4 is 12.0 Å². The van der Waals surface area contributed by atoms with Crippen LogP contribution in [0.3, 0.4) is 0 Å². The predicted molar refractivity (Wildman–Crippen MR) is 120 cm³/mol. The van der Waals surface area contributed by atoms with Crippen molar-refractivity contribution in [1.29, 1.82) is 5.26 Å². The zero-order valence-electron chi connectivity index (χ0n) is 17.8. The largest absolute Gasteiger partial charge is 0.348 e. The van der Waals surface area contributed by atoms with Crippen molar-refractivity contribution in [3.8, 4) is 11.8 Å². The molecule has 4 aliphatic carbocycles. The maximum absolute atomic E-state index is 12.5. The number of nitrogens with zero attached hydrogens (tertiary/aromatic N) is 3. The Morgan fingerprint density at radius 3 is 2.42 bits per heavy atom. The lowest BCUT2D eigenvalue weighted by Gasteiger charge is -2.56. The first-order chi connectivity index (χ1) is 15.1.